The first kappa shape index (κ1) is 14.3. The molecule has 0 saturated carbocycles. The predicted octanol–water partition coefficient (Wildman–Crippen LogP) is 2.57. The second kappa shape index (κ2) is 6.35. The lowest BCUT2D eigenvalue weighted by Gasteiger charge is -2.32. The van der Waals surface area contributed by atoms with Gasteiger partial charge in [-0.25, -0.2) is 0 Å². The summed E-state index contributed by atoms with van der Waals surface area (Å²) in [5.74, 6) is 2.49. The van der Waals surface area contributed by atoms with Crippen LogP contribution in [0.3, 0.4) is 0 Å². The number of thioether (sulfide) groups is 2. The molecule has 0 radical (unpaired) electrons. The van der Waals surface area contributed by atoms with Crippen molar-refractivity contribution in [2.75, 3.05) is 11.5 Å². The van der Waals surface area contributed by atoms with Gasteiger partial charge in [-0.05, 0) is 19.9 Å². The van der Waals surface area contributed by atoms with E-state index in [0.29, 0.717) is 16.5 Å². The maximum atomic E-state index is 6.37. The van der Waals surface area contributed by atoms with Gasteiger partial charge in [0.05, 0.1) is 5.69 Å². The number of nitrogens with two attached hydrogens (primary N) is 1. The number of rotatable bonds is 4. The lowest BCUT2D eigenvalue weighted by Crippen LogP contribution is -2.42. The van der Waals surface area contributed by atoms with Gasteiger partial charge >= 0.3 is 0 Å². The lowest BCUT2D eigenvalue weighted by atomic mass is 10.1. The quantitative estimate of drug-likeness (QED) is 0.923. The van der Waals surface area contributed by atoms with Crippen LogP contribution in [0.25, 0.3) is 0 Å². The molecule has 1 aliphatic rings. The van der Waals surface area contributed by atoms with Crippen LogP contribution in [0.4, 0.5) is 0 Å². The van der Waals surface area contributed by atoms with Gasteiger partial charge in [-0.2, -0.15) is 28.6 Å². The van der Waals surface area contributed by atoms with Crippen molar-refractivity contribution < 1.29 is 0 Å². The van der Waals surface area contributed by atoms with Gasteiger partial charge in [-0.15, -0.1) is 0 Å². The zero-order valence-electron chi connectivity index (χ0n) is 11.4. The van der Waals surface area contributed by atoms with E-state index in [0.717, 1.165) is 12.1 Å². The minimum Gasteiger partial charge on any atom is -0.326 e. The predicted molar refractivity (Wildman–Crippen MR) is 82.5 cm³/mol. The van der Waals surface area contributed by atoms with Crippen LogP contribution in [0.5, 0.6) is 0 Å². The second-order valence-electron chi connectivity index (χ2n) is 5.16. The summed E-state index contributed by atoms with van der Waals surface area (Å²) in [4.78, 5) is 0. The molecular weight excluding hydrogens is 262 g/mol. The van der Waals surface area contributed by atoms with E-state index < -0.39 is 0 Å². The first-order valence-corrected chi connectivity index (χ1v) is 8.70. The monoisotopic (exact) mass is 285 g/mol. The molecule has 0 spiro atoms. The normalized spacial score (nSPS) is 26.5. The topological polar surface area (TPSA) is 43.8 Å². The van der Waals surface area contributed by atoms with E-state index in [1.54, 1.807) is 0 Å². The largest absolute Gasteiger partial charge is 0.326 e. The summed E-state index contributed by atoms with van der Waals surface area (Å²) in [5.41, 5.74) is 7.50. The van der Waals surface area contributed by atoms with Crippen molar-refractivity contribution in [2.45, 2.75) is 49.8 Å². The Kier molecular flexibility index (Phi) is 5.04. The van der Waals surface area contributed by atoms with E-state index in [9.17, 15) is 0 Å². The van der Waals surface area contributed by atoms with Gasteiger partial charge in [-0.1, -0.05) is 6.92 Å². The Labute approximate surface area is 118 Å². The minimum absolute atomic E-state index is 0.216. The summed E-state index contributed by atoms with van der Waals surface area (Å²) in [6.07, 6.45) is 2.95. The molecule has 3 nitrogen and oxygen atoms in total. The van der Waals surface area contributed by atoms with Crippen LogP contribution in [-0.4, -0.2) is 37.8 Å². The summed E-state index contributed by atoms with van der Waals surface area (Å²) >= 11 is 4.08. The van der Waals surface area contributed by atoms with E-state index in [-0.39, 0.29) is 6.04 Å². The second-order valence-corrected chi connectivity index (χ2v) is 7.93. The highest BCUT2D eigenvalue weighted by atomic mass is 32.2. The third kappa shape index (κ3) is 3.45. The molecule has 2 N–H and O–H groups in total. The maximum absolute atomic E-state index is 6.37. The average Bonchev–Trinajstić information content (AvgIpc) is 2.78. The van der Waals surface area contributed by atoms with Crippen molar-refractivity contribution in [1.82, 2.24) is 9.78 Å². The fourth-order valence-electron chi connectivity index (χ4n) is 2.25. The number of aromatic nitrogens is 2. The van der Waals surface area contributed by atoms with Crippen LogP contribution < -0.4 is 5.73 Å². The van der Waals surface area contributed by atoms with E-state index >= 15 is 0 Å². The molecule has 1 aromatic heterocycles. The maximum Gasteiger partial charge on any atom is 0.0640 e. The van der Waals surface area contributed by atoms with Gasteiger partial charge in [0, 0.05) is 46.7 Å². The van der Waals surface area contributed by atoms with Crippen molar-refractivity contribution in [2.24, 2.45) is 5.73 Å². The molecule has 0 amide bonds. The molecule has 2 heterocycles. The zero-order chi connectivity index (χ0) is 13.1. The molecule has 1 aliphatic heterocycles. The van der Waals surface area contributed by atoms with Crippen molar-refractivity contribution in [3.8, 4) is 0 Å². The highest BCUT2D eigenvalue weighted by Gasteiger charge is 2.28. The van der Waals surface area contributed by atoms with E-state index in [1.807, 2.05) is 28.2 Å². The summed E-state index contributed by atoms with van der Waals surface area (Å²) in [6, 6.07) is 2.74. The van der Waals surface area contributed by atoms with Crippen molar-refractivity contribution in [1.29, 1.82) is 0 Å². The fourth-order valence-corrected chi connectivity index (χ4v) is 5.14. The standard InChI is InChI=1S/C13H23N3S2/c1-9(2)16-5-4-11(15-16)8-12(14)13-10(3)17-6-7-18-13/h4-5,9-10,12-13H,6-8,14H2,1-3H3. The smallest absolute Gasteiger partial charge is 0.0640 e. The molecule has 1 fully saturated rings. The Morgan fingerprint density at radius 1 is 1.44 bits per heavy atom. The molecule has 0 aromatic carbocycles. The van der Waals surface area contributed by atoms with E-state index in [4.69, 9.17) is 5.73 Å². The Morgan fingerprint density at radius 2 is 2.17 bits per heavy atom. The van der Waals surface area contributed by atoms with Gasteiger partial charge in [-0.3, -0.25) is 4.68 Å². The minimum atomic E-state index is 0.216. The van der Waals surface area contributed by atoms with Crippen molar-refractivity contribution in [3.05, 3.63) is 18.0 Å². The Hall–Kier alpha value is -0.130. The first-order valence-electron chi connectivity index (χ1n) is 6.60. The highest BCUT2D eigenvalue weighted by molar-refractivity contribution is 8.07. The molecule has 3 atom stereocenters. The summed E-state index contributed by atoms with van der Waals surface area (Å²) in [6.45, 7) is 6.59. The van der Waals surface area contributed by atoms with Crippen LogP contribution in [0, 0.1) is 0 Å². The Balaban J connectivity index is 1.95. The van der Waals surface area contributed by atoms with Crippen molar-refractivity contribution >= 4 is 23.5 Å². The van der Waals surface area contributed by atoms with Crippen molar-refractivity contribution in [3.63, 3.8) is 0 Å². The highest BCUT2D eigenvalue weighted by Crippen LogP contribution is 2.33. The molecule has 0 bridgehead atoms. The molecule has 5 heteroatoms. The van der Waals surface area contributed by atoms with Gasteiger partial charge in [0.15, 0.2) is 0 Å². The van der Waals surface area contributed by atoms with Gasteiger partial charge in [0.25, 0.3) is 0 Å². The lowest BCUT2D eigenvalue weighted by molar-refractivity contribution is 0.519. The molecule has 102 valence electrons. The van der Waals surface area contributed by atoms with Crippen LogP contribution in [-0.2, 0) is 6.42 Å². The number of nitrogens with zero attached hydrogens (tertiary/aromatic N) is 2. The molecular formula is C13H23N3S2. The molecule has 1 aromatic rings. The van der Waals surface area contributed by atoms with Crippen LogP contribution in [0.1, 0.15) is 32.5 Å². The summed E-state index contributed by atoms with van der Waals surface area (Å²) in [5, 5.41) is 5.81. The third-order valence-electron chi connectivity index (χ3n) is 3.30. The van der Waals surface area contributed by atoms with E-state index in [1.165, 1.54) is 11.5 Å². The first-order chi connectivity index (χ1) is 8.58. The van der Waals surface area contributed by atoms with Crippen LogP contribution >= 0.6 is 23.5 Å². The summed E-state index contributed by atoms with van der Waals surface area (Å²) < 4.78 is 2.01. The van der Waals surface area contributed by atoms with Gasteiger partial charge in [0.1, 0.15) is 0 Å². The molecule has 18 heavy (non-hydrogen) atoms. The summed E-state index contributed by atoms with van der Waals surface area (Å²) in [7, 11) is 0. The van der Waals surface area contributed by atoms with Gasteiger partial charge in [0.2, 0.25) is 0 Å². The third-order valence-corrected chi connectivity index (χ3v) is 6.57. The molecule has 3 unspecified atom stereocenters. The average molecular weight is 285 g/mol. The van der Waals surface area contributed by atoms with E-state index in [2.05, 4.69) is 38.1 Å². The number of hydrogen-bond donors (Lipinski definition) is 1. The van der Waals surface area contributed by atoms with Crippen LogP contribution in [0.2, 0.25) is 0 Å². The Bertz CT molecular complexity index is 378. The molecule has 0 aliphatic carbocycles. The van der Waals surface area contributed by atoms with Gasteiger partial charge < -0.3 is 5.73 Å². The Morgan fingerprint density at radius 3 is 2.78 bits per heavy atom. The fraction of sp³-hybridized carbons (Fsp3) is 0.769. The number of hydrogen-bond acceptors (Lipinski definition) is 4. The molecule has 2 rings (SSSR count). The zero-order valence-corrected chi connectivity index (χ0v) is 13.0. The SMILES string of the molecule is CC1SCCSC1C(N)Cc1ccn(C(C)C)n1. The molecule has 1 saturated heterocycles. The van der Waals surface area contributed by atoms with Crippen LogP contribution in [0.15, 0.2) is 12.3 Å².